The summed E-state index contributed by atoms with van der Waals surface area (Å²) in [5.41, 5.74) is 3.51. The van der Waals surface area contributed by atoms with Crippen LogP contribution in [0.15, 0.2) is 18.2 Å². The Balaban J connectivity index is 2.58. The average Bonchev–Trinajstić information content (AvgIpc) is 2.19. The lowest BCUT2D eigenvalue weighted by molar-refractivity contribution is -0.140. The number of benzene rings is 1. The molecule has 0 atom stereocenters. The van der Waals surface area contributed by atoms with E-state index in [0.29, 0.717) is 12.8 Å². The fraction of sp³-hybridized carbons (Fsp3) is 0.385. The molecule has 0 aliphatic heterocycles. The van der Waals surface area contributed by atoms with Crippen LogP contribution in [0.25, 0.3) is 0 Å². The number of rotatable bonds is 5. The van der Waals surface area contributed by atoms with E-state index < -0.39 is 5.97 Å². The maximum Gasteiger partial charge on any atom is 0.310 e. The number of aryl methyl sites for hydroxylation is 2. The van der Waals surface area contributed by atoms with Crippen LogP contribution in [0.3, 0.4) is 0 Å². The van der Waals surface area contributed by atoms with E-state index >= 15 is 0 Å². The highest BCUT2D eigenvalue weighted by molar-refractivity contribution is 5.94. The summed E-state index contributed by atoms with van der Waals surface area (Å²) in [4.78, 5) is 21.6. The van der Waals surface area contributed by atoms with Crippen LogP contribution in [-0.4, -0.2) is 16.9 Å². The number of aliphatic carboxylic acids is 1. The van der Waals surface area contributed by atoms with Crippen molar-refractivity contribution in [2.24, 2.45) is 0 Å². The van der Waals surface area contributed by atoms with Crippen LogP contribution in [0.5, 0.6) is 0 Å². The molecule has 0 heterocycles. The number of hydrogen-bond acceptors (Lipinski definition) is 2. The van der Waals surface area contributed by atoms with Crippen molar-refractivity contribution in [3.05, 3.63) is 34.9 Å². The van der Waals surface area contributed by atoms with Crippen LogP contribution in [0.2, 0.25) is 0 Å². The third-order valence-corrected chi connectivity index (χ3v) is 2.74. The van der Waals surface area contributed by atoms with E-state index in [0.717, 1.165) is 5.56 Å². The molecule has 0 radical (unpaired) electrons. The molecule has 86 valence electrons. The number of carboxylic acid groups (broad SMARTS) is 1. The first kappa shape index (κ1) is 12.4. The van der Waals surface area contributed by atoms with Crippen molar-refractivity contribution >= 4 is 11.8 Å². The molecule has 0 unspecified atom stereocenters. The number of ketones is 1. The Morgan fingerprint density at radius 1 is 1.25 bits per heavy atom. The van der Waals surface area contributed by atoms with Gasteiger partial charge in [0, 0.05) is 6.42 Å². The number of carbonyl (C=O) groups excluding carboxylic acids is 1. The van der Waals surface area contributed by atoms with Gasteiger partial charge < -0.3 is 5.11 Å². The molecular formula is C13H16O3. The van der Waals surface area contributed by atoms with Gasteiger partial charge in [-0.3, -0.25) is 9.59 Å². The minimum absolute atomic E-state index is 0.214. The van der Waals surface area contributed by atoms with Crippen LogP contribution >= 0.6 is 0 Å². The minimum atomic E-state index is -1.05. The number of hydrogen-bond donors (Lipinski definition) is 1. The van der Waals surface area contributed by atoms with Gasteiger partial charge in [-0.15, -0.1) is 0 Å². The number of carbonyl (C=O) groups is 2. The summed E-state index contributed by atoms with van der Waals surface area (Å²) >= 11 is 0. The first-order valence-corrected chi connectivity index (χ1v) is 5.29. The van der Waals surface area contributed by atoms with Crippen molar-refractivity contribution in [1.82, 2.24) is 0 Å². The molecule has 3 heteroatoms. The Kier molecular flexibility index (Phi) is 4.23. The highest BCUT2D eigenvalue weighted by Gasteiger charge is 2.09. The second kappa shape index (κ2) is 5.45. The summed E-state index contributed by atoms with van der Waals surface area (Å²) in [6.07, 6.45) is 0.557. The summed E-state index contributed by atoms with van der Waals surface area (Å²) in [6, 6.07) is 5.97. The lowest BCUT2D eigenvalue weighted by Gasteiger charge is -2.07. The van der Waals surface area contributed by atoms with Gasteiger partial charge >= 0.3 is 5.97 Å². The Labute approximate surface area is 95.1 Å². The average molecular weight is 220 g/mol. The molecule has 3 nitrogen and oxygen atoms in total. The zero-order valence-corrected chi connectivity index (χ0v) is 9.62. The molecule has 1 rings (SSSR count). The minimum Gasteiger partial charge on any atom is -0.481 e. The highest BCUT2D eigenvalue weighted by Crippen LogP contribution is 2.14. The summed E-state index contributed by atoms with van der Waals surface area (Å²) < 4.78 is 0. The van der Waals surface area contributed by atoms with E-state index in [1.54, 1.807) is 0 Å². The second-order valence-electron chi connectivity index (χ2n) is 3.97. The van der Waals surface area contributed by atoms with E-state index in [9.17, 15) is 9.59 Å². The van der Waals surface area contributed by atoms with Crippen LogP contribution in [0.4, 0.5) is 0 Å². The van der Waals surface area contributed by atoms with Gasteiger partial charge in [-0.25, -0.2) is 0 Å². The summed E-state index contributed by atoms with van der Waals surface area (Å²) in [6.45, 7) is 4.05. The maximum atomic E-state index is 11.2. The molecule has 0 saturated carbocycles. The van der Waals surface area contributed by atoms with Gasteiger partial charge in [0.05, 0.1) is 0 Å². The lowest BCUT2D eigenvalue weighted by Crippen LogP contribution is -2.08. The molecule has 1 aromatic carbocycles. The van der Waals surface area contributed by atoms with Crippen molar-refractivity contribution in [3.63, 3.8) is 0 Å². The maximum absolute atomic E-state index is 11.2. The molecule has 0 aliphatic carbocycles. The van der Waals surface area contributed by atoms with Gasteiger partial charge in [0.2, 0.25) is 0 Å². The van der Waals surface area contributed by atoms with Crippen molar-refractivity contribution in [2.75, 3.05) is 0 Å². The Bertz CT molecular complexity index is 408. The summed E-state index contributed by atoms with van der Waals surface area (Å²) in [5, 5.41) is 8.46. The topological polar surface area (TPSA) is 54.4 Å². The second-order valence-corrected chi connectivity index (χ2v) is 3.97. The largest absolute Gasteiger partial charge is 0.481 e. The predicted molar refractivity (Wildman–Crippen MR) is 61.5 cm³/mol. The molecule has 1 aromatic rings. The van der Waals surface area contributed by atoms with Crippen LogP contribution < -0.4 is 0 Å². The van der Waals surface area contributed by atoms with Gasteiger partial charge in [0.25, 0.3) is 0 Å². The van der Waals surface area contributed by atoms with E-state index in [1.165, 1.54) is 11.1 Å². The molecule has 0 saturated heterocycles. The van der Waals surface area contributed by atoms with Gasteiger partial charge in [-0.2, -0.15) is 0 Å². The number of carboxylic acids is 1. The third-order valence-electron chi connectivity index (χ3n) is 2.74. The number of Topliss-reactive ketones (excluding diaryl/α,β-unsaturated/α-hetero) is 1. The molecular weight excluding hydrogens is 204 g/mol. The van der Waals surface area contributed by atoms with E-state index in [2.05, 4.69) is 0 Å². The van der Waals surface area contributed by atoms with E-state index in [-0.39, 0.29) is 12.2 Å². The first-order chi connectivity index (χ1) is 7.50. The van der Waals surface area contributed by atoms with E-state index in [4.69, 9.17) is 5.11 Å². The molecule has 0 spiro atoms. The highest BCUT2D eigenvalue weighted by atomic mass is 16.4. The summed E-state index contributed by atoms with van der Waals surface area (Å²) in [5.74, 6) is -1.26. The van der Waals surface area contributed by atoms with Gasteiger partial charge in [-0.05, 0) is 37.0 Å². The molecule has 0 aliphatic rings. The molecule has 0 fully saturated rings. The fourth-order valence-corrected chi connectivity index (χ4v) is 1.61. The zero-order valence-electron chi connectivity index (χ0n) is 9.62. The van der Waals surface area contributed by atoms with Crippen molar-refractivity contribution in [3.8, 4) is 0 Å². The summed E-state index contributed by atoms with van der Waals surface area (Å²) in [7, 11) is 0. The molecule has 0 amide bonds. The van der Waals surface area contributed by atoms with Gasteiger partial charge in [0.1, 0.15) is 12.2 Å². The molecule has 16 heavy (non-hydrogen) atoms. The van der Waals surface area contributed by atoms with Gasteiger partial charge in [0.15, 0.2) is 0 Å². The quantitative estimate of drug-likeness (QED) is 0.774. The Morgan fingerprint density at radius 3 is 2.56 bits per heavy atom. The third kappa shape index (κ3) is 3.50. The molecule has 0 bridgehead atoms. The monoisotopic (exact) mass is 220 g/mol. The first-order valence-electron chi connectivity index (χ1n) is 5.29. The normalized spacial score (nSPS) is 10.1. The fourth-order valence-electron chi connectivity index (χ4n) is 1.61. The predicted octanol–water partition coefficient (Wildman–Crippen LogP) is 2.28. The lowest BCUT2D eigenvalue weighted by atomic mass is 9.98. The smallest absolute Gasteiger partial charge is 0.310 e. The Hall–Kier alpha value is -1.64. The van der Waals surface area contributed by atoms with E-state index in [1.807, 2.05) is 32.0 Å². The van der Waals surface area contributed by atoms with Crippen molar-refractivity contribution in [2.45, 2.75) is 33.1 Å². The van der Waals surface area contributed by atoms with Crippen molar-refractivity contribution < 1.29 is 14.7 Å². The van der Waals surface area contributed by atoms with Crippen LogP contribution in [0.1, 0.15) is 29.5 Å². The Morgan fingerprint density at radius 2 is 1.94 bits per heavy atom. The SMILES string of the molecule is Cc1cccc(CCC(=O)CC(=O)O)c1C. The van der Waals surface area contributed by atoms with Gasteiger partial charge in [-0.1, -0.05) is 18.2 Å². The molecule has 0 aromatic heterocycles. The van der Waals surface area contributed by atoms with Crippen LogP contribution in [0, 0.1) is 13.8 Å². The molecule has 1 N–H and O–H groups in total. The zero-order chi connectivity index (χ0) is 12.1. The van der Waals surface area contributed by atoms with Crippen molar-refractivity contribution in [1.29, 1.82) is 0 Å². The standard InChI is InChI=1S/C13H16O3/c1-9-4-3-5-11(10(9)2)6-7-12(14)8-13(15)16/h3-5H,6-8H2,1-2H3,(H,15,16). The van der Waals surface area contributed by atoms with Crippen LogP contribution in [-0.2, 0) is 16.0 Å².